The van der Waals surface area contributed by atoms with Crippen LogP contribution in [0.5, 0.6) is 0 Å². The number of unbranched alkanes of at least 4 members (excludes halogenated alkanes) is 17. The molecule has 38 heavy (non-hydrogen) atoms. The van der Waals surface area contributed by atoms with Gasteiger partial charge in [-0.3, -0.25) is 0 Å². The molecule has 0 saturated heterocycles. The van der Waals surface area contributed by atoms with Crippen LogP contribution in [0.3, 0.4) is 0 Å². The fourth-order valence-corrected chi connectivity index (χ4v) is 6.66. The molecule has 0 fully saturated rings. The number of hydrogen-bond donors (Lipinski definition) is 2. The van der Waals surface area contributed by atoms with Crippen LogP contribution in [0, 0.1) is 23.7 Å². The summed E-state index contributed by atoms with van der Waals surface area (Å²) in [7, 11) is 0. The number of rotatable bonds is 27. The molecule has 4 unspecified atom stereocenters. The Morgan fingerprint density at radius 3 is 1.53 bits per heavy atom. The first-order valence-corrected chi connectivity index (χ1v) is 17.5. The van der Waals surface area contributed by atoms with E-state index in [0.717, 1.165) is 36.8 Å². The normalized spacial score (nSPS) is 21.6. The van der Waals surface area contributed by atoms with Gasteiger partial charge in [-0.2, -0.15) is 0 Å². The maximum Gasteiger partial charge on any atom is -0.00773 e. The van der Waals surface area contributed by atoms with Gasteiger partial charge in [0, 0.05) is 0 Å². The van der Waals surface area contributed by atoms with Crippen molar-refractivity contribution in [1.29, 1.82) is 0 Å². The summed E-state index contributed by atoms with van der Waals surface area (Å²) in [5.41, 5.74) is 11.4. The van der Waals surface area contributed by atoms with Gasteiger partial charge in [-0.25, -0.2) is 0 Å². The molecule has 0 amide bonds. The second-order valence-electron chi connectivity index (χ2n) is 12.5. The van der Waals surface area contributed by atoms with Crippen molar-refractivity contribution in [1.82, 2.24) is 0 Å². The summed E-state index contributed by atoms with van der Waals surface area (Å²) < 4.78 is 0. The SMILES string of the molecule is CCCCCC/C=C/C1C(CCCCCC)C=CC(CCCCCCCCN)C1CCCCCCCCN. The second kappa shape index (κ2) is 26.6. The smallest absolute Gasteiger partial charge is 0.00773 e. The van der Waals surface area contributed by atoms with Crippen molar-refractivity contribution in [3.05, 3.63) is 24.3 Å². The highest BCUT2D eigenvalue weighted by atomic mass is 14.5. The molecule has 1 rings (SSSR count). The molecule has 4 atom stereocenters. The van der Waals surface area contributed by atoms with Crippen molar-refractivity contribution in [2.75, 3.05) is 13.1 Å². The Bertz CT molecular complexity index is 539. The van der Waals surface area contributed by atoms with Crippen LogP contribution in [0.1, 0.15) is 168 Å². The number of hydrogen-bond acceptors (Lipinski definition) is 2. The molecule has 0 aliphatic heterocycles. The van der Waals surface area contributed by atoms with Gasteiger partial charge in [-0.15, -0.1) is 0 Å². The maximum absolute atomic E-state index is 5.70. The van der Waals surface area contributed by atoms with E-state index in [1.54, 1.807) is 0 Å². The van der Waals surface area contributed by atoms with Crippen LogP contribution < -0.4 is 11.5 Å². The second-order valence-corrected chi connectivity index (χ2v) is 12.5. The van der Waals surface area contributed by atoms with Crippen molar-refractivity contribution in [2.45, 2.75) is 168 Å². The van der Waals surface area contributed by atoms with E-state index in [-0.39, 0.29) is 0 Å². The molecule has 2 nitrogen and oxygen atoms in total. The van der Waals surface area contributed by atoms with Gasteiger partial charge >= 0.3 is 0 Å². The van der Waals surface area contributed by atoms with Gasteiger partial charge in [0.1, 0.15) is 0 Å². The molecule has 224 valence electrons. The van der Waals surface area contributed by atoms with Gasteiger partial charge < -0.3 is 11.5 Å². The lowest BCUT2D eigenvalue weighted by atomic mass is 9.66. The first-order valence-electron chi connectivity index (χ1n) is 17.5. The van der Waals surface area contributed by atoms with Crippen LogP contribution in [0.4, 0.5) is 0 Å². The Hall–Kier alpha value is -0.600. The monoisotopic (exact) mass is 531 g/mol. The van der Waals surface area contributed by atoms with Crippen molar-refractivity contribution in [3.8, 4) is 0 Å². The van der Waals surface area contributed by atoms with E-state index in [9.17, 15) is 0 Å². The highest BCUT2D eigenvalue weighted by Gasteiger charge is 2.33. The molecule has 0 saturated carbocycles. The summed E-state index contributed by atoms with van der Waals surface area (Å²) in [6.45, 7) is 6.36. The quantitative estimate of drug-likeness (QED) is 0.0819. The fraction of sp³-hybridized carbons (Fsp3) is 0.889. The molecule has 0 aromatic carbocycles. The molecule has 0 heterocycles. The van der Waals surface area contributed by atoms with Crippen molar-refractivity contribution in [2.24, 2.45) is 35.1 Å². The molecule has 4 N–H and O–H groups in total. The molecule has 0 bridgehead atoms. The Labute approximate surface area is 240 Å². The minimum atomic E-state index is 0.764. The molecule has 0 aromatic rings. The van der Waals surface area contributed by atoms with E-state index in [2.05, 4.69) is 38.2 Å². The fourth-order valence-electron chi connectivity index (χ4n) is 6.66. The minimum absolute atomic E-state index is 0.764. The maximum atomic E-state index is 5.70. The predicted molar refractivity (Wildman–Crippen MR) is 173 cm³/mol. The van der Waals surface area contributed by atoms with Gasteiger partial charge in [0.25, 0.3) is 0 Å². The third-order valence-corrected chi connectivity index (χ3v) is 9.10. The average Bonchev–Trinajstić information content (AvgIpc) is 2.93. The van der Waals surface area contributed by atoms with Crippen molar-refractivity contribution in [3.63, 3.8) is 0 Å². The van der Waals surface area contributed by atoms with Crippen LogP contribution in [0.15, 0.2) is 24.3 Å². The van der Waals surface area contributed by atoms with Crippen LogP contribution in [-0.4, -0.2) is 13.1 Å². The molecule has 0 aromatic heterocycles. The Balaban J connectivity index is 2.78. The molecular weight excluding hydrogens is 460 g/mol. The lowest BCUT2D eigenvalue weighted by Gasteiger charge is -2.39. The summed E-state index contributed by atoms with van der Waals surface area (Å²) in [6.07, 6.45) is 43.4. The predicted octanol–water partition coefficient (Wildman–Crippen LogP) is 10.9. The molecule has 1 aliphatic carbocycles. The average molecular weight is 531 g/mol. The van der Waals surface area contributed by atoms with E-state index >= 15 is 0 Å². The molecular formula is C36H70N2. The molecule has 0 spiro atoms. The first-order chi connectivity index (χ1) is 18.8. The van der Waals surface area contributed by atoms with Crippen molar-refractivity contribution >= 4 is 0 Å². The van der Waals surface area contributed by atoms with E-state index in [1.807, 2.05) is 0 Å². The van der Waals surface area contributed by atoms with Gasteiger partial charge in [0.2, 0.25) is 0 Å². The zero-order chi connectivity index (χ0) is 27.5. The summed E-state index contributed by atoms with van der Waals surface area (Å²) in [5, 5.41) is 0. The Morgan fingerprint density at radius 2 is 0.947 bits per heavy atom. The topological polar surface area (TPSA) is 52.0 Å². The van der Waals surface area contributed by atoms with Gasteiger partial charge in [0.05, 0.1) is 0 Å². The zero-order valence-electron chi connectivity index (χ0n) is 26.2. The largest absolute Gasteiger partial charge is 0.330 e. The standard InChI is InChI=1S/C36H70N2/c1-3-5-7-9-15-21-27-35-33(25-19-8-6-4-2)29-30-34(26-20-14-10-12-17-23-31-37)36(35)28-22-16-11-13-18-24-32-38/h21,27,29-30,33-36H,3-20,22-26,28,31-32,37-38H2,1-2H3/b27-21+. The van der Waals surface area contributed by atoms with Gasteiger partial charge in [-0.05, 0) is 81.7 Å². The van der Waals surface area contributed by atoms with E-state index in [0.29, 0.717) is 0 Å². The number of nitrogens with two attached hydrogens (primary N) is 2. The third-order valence-electron chi connectivity index (χ3n) is 9.10. The van der Waals surface area contributed by atoms with E-state index in [4.69, 9.17) is 11.5 Å². The van der Waals surface area contributed by atoms with Gasteiger partial charge in [-0.1, -0.05) is 147 Å². The van der Waals surface area contributed by atoms with Crippen LogP contribution in [-0.2, 0) is 0 Å². The molecule has 1 aliphatic rings. The summed E-state index contributed by atoms with van der Waals surface area (Å²) in [6, 6.07) is 0. The summed E-state index contributed by atoms with van der Waals surface area (Å²) in [5.74, 6) is 3.17. The van der Waals surface area contributed by atoms with Crippen LogP contribution >= 0.6 is 0 Å². The highest BCUT2D eigenvalue weighted by molar-refractivity contribution is 5.10. The van der Waals surface area contributed by atoms with Gasteiger partial charge in [0.15, 0.2) is 0 Å². The number of allylic oxidation sites excluding steroid dienone is 4. The van der Waals surface area contributed by atoms with E-state index < -0.39 is 0 Å². The van der Waals surface area contributed by atoms with Crippen LogP contribution in [0.2, 0.25) is 0 Å². The minimum Gasteiger partial charge on any atom is -0.330 e. The lowest BCUT2D eigenvalue weighted by Crippen LogP contribution is -2.30. The van der Waals surface area contributed by atoms with E-state index in [1.165, 1.54) is 154 Å². The molecule has 2 heteroatoms. The Morgan fingerprint density at radius 1 is 0.500 bits per heavy atom. The third kappa shape index (κ3) is 17.9. The summed E-state index contributed by atoms with van der Waals surface area (Å²) in [4.78, 5) is 0. The van der Waals surface area contributed by atoms with Crippen LogP contribution in [0.25, 0.3) is 0 Å². The van der Waals surface area contributed by atoms with Crippen molar-refractivity contribution < 1.29 is 0 Å². The summed E-state index contributed by atoms with van der Waals surface area (Å²) >= 11 is 0. The first kappa shape index (κ1) is 35.4. The highest BCUT2D eigenvalue weighted by Crippen LogP contribution is 2.43. The lowest BCUT2D eigenvalue weighted by molar-refractivity contribution is 0.196. The zero-order valence-corrected chi connectivity index (χ0v) is 26.2. The Kier molecular flexibility index (Phi) is 24.8. The molecule has 0 radical (unpaired) electrons.